The van der Waals surface area contributed by atoms with Crippen molar-refractivity contribution in [2.45, 2.75) is 17.9 Å². The first-order valence-corrected chi connectivity index (χ1v) is 8.87. The van der Waals surface area contributed by atoms with Crippen molar-refractivity contribution in [3.8, 4) is 5.69 Å². The molecule has 2 heterocycles. The SMILES string of the molecule is CSc1cnn(-c2ccccc2)c1NC(=O)N1CCNC(=O)[C@@H]1C. The Morgan fingerprint density at radius 1 is 1.38 bits per heavy atom. The normalized spacial score (nSPS) is 17.5. The zero-order valence-corrected chi connectivity index (χ0v) is 14.3. The number of anilines is 1. The summed E-state index contributed by atoms with van der Waals surface area (Å²) in [6.45, 7) is 2.66. The van der Waals surface area contributed by atoms with Gasteiger partial charge in [0.15, 0.2) is 5.82 Å². The molecule has 1 aromatic heterocycles. The Morgan fingerprint density at radius 2 is 2.12 bits per heavy atom. The van der Waals surface area contributed by atoms with Crippen LogP contribution in [0.15, 0.2) is 41.4 Å². The number of piperazine rings is 1. The first-order valence-electron chi connectivity index (χ1n) is 7.64. The van der Waals surface area contributed by atoms with E-state index in [9.17, 15) is 9.59 Å². The van der Waals surface area contributed by atoms with Gasteiger partial charge in [-0.3, -0.25) is 10.1 Å². The molecule has 0 spiro atoms. The smallest absolute Gasteiger partial charge is 0.323 e. The summed E-state index contributed by atoms with van der Waals surface area (Å²) < 4.78 is 1.69. The number of amides is 3. The minimum atomic E-state index is -0.496. The number of carbonyl (C=O) groups is 2. The molecule has 0 radical (unpaired) electrons. The summed E-state index contributed by atoms with van der Waals surface area (Å²) in [5.74, 6) is 0.468. The molecule has 24 heavy (non-hydrogen) atoms. The maximum absolute atomic E-state index is 12.7. The van der Waals surface area contributed by atoms with Crippen LogP contribution in [0.25, 0.3) is 5.69 Å². The molecule has 1 aromatic carbocycles. The Bertz CT molecular complexity index is 746. The second-order valence-electron chi connectivity index (χ2n) is 5.40. The Labute approximate surface area is 144 Å². The zero-order valence-electron chi connectivity index (χ0n) is 13.5. The van der Waals surface area contributed by atoms with Crippen LogP contribution in [0.3, 0.4) is 0 Å². The van der Waals surface area contributed by atoms with E-state index in [2.05, 4.69) is 15.7 Å². The van der Waals surface area contributed by atoms with E-state index in [1.165, 1.54) is 16.7 Å². The third kappa shape index (κ3) is 3.09. The number of hydrogen-bond acceptors (Lipinski definition) is 4. The van der Waals surface area contributed by atoms with Crippen molar-refractivity contribution in [1.29, 1.82) is 0 Å². The summed E-state index contributed by atoms with van der Waals surface area (Å²) in [7, 11) is 0. The van der Waals surface area contributed by atoms with Crippen LogP contribution < -0.4 is 10.6 Å². The van der Waals surface area contributed by atoms with Gasteiger partial charge in [-0.1, -0.05) is 18.2 Å². The standard InChI is InChI=1S/C16H19N5O2S/c1-11-15(22)17-8-9-20(11)16(23)19-14-13(24-2)10-18-21(14)12-6-4-3-5-7-12/h3-7,10-11H,8-9H2,1-2H3,(H,17,22)(H,19,23)/t11-/m0/s1. The summed E-state index contributed by atoms with van der Waals surface area (Å²) in [5, 5.41) is 10.0. The summed E-state index contributed by atoms with van der Waals surface area (Å²) in [4.78, 5) is 26.8. The lowest BCUT2D eigenvalue weighted by molar-refractivity contribution is -0.126. The van der Waals surface area contributed by atoms with E-state index in [-0.39, 0.29) is 11.9 Å². The summed E-state index contributed by atoms with van der Waals surface area (Å²) in [6.07, 6.45) is 3.65. The number of aromatic nitrogens is 2. The second kappa shape index (κ2) is 6.96. The highest BCUT2D eigenvalue weighted by Crippen LogP contribution is 2.28. The lowest BCUT2D eigenvalue weighted by Gasteiger charge is -2.32. The van der Waals surface area contributed by atoms with Crippen molar-refractivity contribution >= 4 is 29.5 Å². The average Bonchev–Trinajstić information content (AvgIpc) is 3.00. The number of nitrogens with zero attached hydrogens (tertiary/aromatic N) is 3. The molecule has 1 aliphatic heterocycles. The quantitative estimate of drug-likeness (QED) is 0.834. The molecule has 1 atom stereocenters. The van der Waals surface area contributed by atoms with Gasteiger partial charge in [-0.2, -0.15) is 5.10 Å². The minimum absolute atomic E-state index is 0.141. The van der Waals surface area contributed by atoms with Gasteiger partial charge in [0.2, 0.25) is 5.91 Å². The Hall–Kier alpha value is -2.48. The van der Waals surface area contributed by atoms with Gasteiger partial charge in [0.25, 0.3) is 0 Å². The number of para-hydroxylation sites is 1. The van der Waals surface area contributed by atoms with Gasteiger partial charge < -0.3 is 10.2 Å². The monoisotopic (exact) mass is 345 g/mol. The van der Waals surface area contributed by atoms with Gasteiger partial charge >= 0.3 is 6.03 Å². The lowest BCUT2D eigenvalue weighted by Crippen LogP contribution is -2.57. The number of urea groups is 1. The van der Waals surface area contributed by atoms with Crippen LogP contribution in [0.2, 0.25) is 0 Å². The first kappa shape index (κ1) is 16.4. The van der Waals surface area contributed by atoms with Crippen LogP contribution in [0, 0.1) is 0 Å². The molecule has 3 amide bonds. The molecule has 0 bridgehead atoms. The number of rotatable bonds is 3. The Balaban J connectivity index is 1.88. The van der Waals surface area contributed by atoms with Crippen LogP contribution in [-0.4, -0.2) is 52.0 Å². The highest BCUT2D eigenvalue weighted by atomic mass is 32.2. The molecule has 0 saturated carbocycles. The van der Waals surface area contributed by atoms with E-state index >= 15 is 0 Å². The maximum atomic E-state index is 12.7. The van der Waals surface area contributed by atoms with Gasteiger partial charge in [-0.25, -0.2) is 9.48 Å². The fraction of sp³-hybridized carbons (Fsp3) is 0.312. The summed E-state index contributed by atoms with van der Waals surface area (Å²) in [5.41, 5.74) is 0.859. The van der Waals surface area contributed by atoms with E-state index in [1.54, 1.807) is 17.8 Å². The van der Waals surface area contributed by atoms with Crippen molar-refractivity contribution in [2.75, 3.05) is 24.7 Å². The van der Waals surface area contributed by atoms with E-state index in [1.807, 2.05) is 36.6 Å². The molecule has 0 unspecified atom stereocenters. The lowest BCUT2D eigenvalue weighted by atomic mass is 10.2. The minimum Gasteiger partial charge on any atom is -0.353 e. The second-order valence-corrected chi connectivity index (χ2v) is 6.25. The van der Waals surface area contributed by atoms with E-state index in [4.69, 9.17) is 0 Å². The van der Waals surface area contributed by atoms with Crippen LogP contribution in [0.4, 0.5) is 10.6 Å². The topological polar surface area (TPSA) is 79.3 Å². The molecule has 126 valence electrons. The highest BCUT2D eigenvalue weighted by Gasteiger charge is 2.30. The molecular formula is C16H19N5O2S. The van der Waals surface area contributed by atoms with Crippen LogP contribution in [-0.2, 0) is 4.79 Å². The summed E-state index contributed by atoms with van der Waals surface area (Å²) >= 11 is 1.51. The summed E-state index contributed by atoms with van der Waals surface area (Å²) in [6, 6.07) is 8.80. The predicted octanol–water partition coefficient (Wildman–Crippen LogP) is 1.95. The van der Waals surface area contributed by atoms with Crippen molar-refractivity contribution in [1.82, 2.24) is 20.0 Å². The molecular weight excluding hydrogens is 326 g/mol. The van der Waals surface area contributed by atoms with Crippen molar-refractivity contribution in [3.63, 3.8) is 0 Å². The number of benzene rings is 1. The Morgan fingerprint density at radius 3 is 2.83 bits per heavy atom. The Kier molecular flexibility index (Phi) is 4.75. The average molecular weight is 345 g/mol. The number of nitrogens with one attached hydrogen (secondary N) is 2. The highest BCUT2D eigenvalue weighted by molar-refractivity contribution is 7.98. The fourth-order valence-electron chi connectivity index (χ4n) is 2.60. The maximum Gasteiger partial charge on any atom is 0.323 e. The van der Waals surface area contributed by atoms with E-state index in [0.717, 1.165) is 10.6 Å². The zero-order chi connectivity index (χ0) is 17.1. The van der Waals surface area contributed by atoms with Gasteiger partial charge in [-0.15, -0.1) is 11.8 Å². The molecule has 1 aliphatic rings. The van der Waals surface area contributed by atoms with E-state index in [0.29, 0.717) is 18.9 Å². The van der Waals surface area contributed by atoms with Crippen molar-refractivity contribution in [2.24, 2.45) is 0 Å². The number of thioether (sulfide) groups is 1. The molecule has 8 heteroatoms. The molecule has 2 N–H and O–H groups in total. The van der Waals surface area contributed by atoms with E-state index < -0.39 is 6.04 Å². The van der Waals surface area contributed by atoms with Crippen molar-refractivity contribution in [3.05, 3.63) is 36.5 Å². The molecule has 0 aliphatic carbocycles. The van der Waals surface area contributed by atoms with Crippen LogP contribution >= 0.6 is 11.8 Å². The largest absolute Gasteiger partial charge is 0.353 e. The van der Waals surface area contributed by atoms with Crippen molar-refractivity contribution < 1.29 is 9.59 Å². The number of hydrogen-bond donors (Lipinski definition) is 2. The number of carbonyl (C=O) groups excluding carboxylic acids is 2. The fourth-order valence-corrected chi connectivity index (χ4v) is 3.08. The molecule has 7 nitrogen and oxygen atoms in total. The molecule has 2 aromatic rings. The van der Waals surface area contributed by atoms with Gasteiger partial charge in [0, 0.05) is 13.1 Å². The molecule has 3 rings (SSSR count). The first-order chi connectivity index (χ1) is 11.6. The van der Waals surface area contributed by atoms with Gasteiger partial charge in [-0.05, 0) is 25.3 Å². The third-order valence-electron chi connectivity index (χ3n) is 3.94. The van der Waals surface area contributed by atoms with Gasteiger partial charge in [0.05, 0.1) is 16.8 Å². The predicted molar refractivity (Wildman–Crippen MR) is 93.5 cm³/mol. The van der Waals surface area contributed by atoms with Crippen LogP contribution in [0.1, 0.15) is 6.92 Å². The third-order valence-corrected chi connectivity index (χ3v) is 4.68. The van der Waals surface area contributed by atoms with Gasteiger partial charge in [0.1, 0.15) is 6.04 Å². The molecule has 1 fully saturated rings. The van der Waals surface area contributed by atoms with Crippen LogP contribution in [0.5, 0.6) is 0 Å². The molecule has 1 saturated heterocycles.